The average Bonchev–Trinajstić information content (AvgIpc) is 3.03. The summed E-state index contributed by atoms with van der Waals surface area (Å²) in [4.78, 5) is 2.33. The number of hydrogen-bond acceptors (Lipinski definition) is 6. The number of ether oxygens (including phenoxy) is 4. The summed E-state index contributed by atoms with van der Waals surface area (Å²) >= 11 is 0. The topological polar surface area (TPSA) is 60.4 Å². The van der Waals surface area contributed by atoms with Gasteiger partial charge >= 0.3 is 0 Å². The molecule has 5 aliphatic rings. The van der Waals surface area contributed by atoms with E-state index in [4.69, 9.17) is 18.9 Å². The van der Waals surface area contributed by atoms with E-state index in [1.807, 2.05) is 6.07 Å². The van der Waals surface area contributed by atoms with E-state index in [0.717, 1.165) is 42.9 Å². The largest absolute Gasteiger partial charge is 0.493 e. The fourth-order valence-electron chi connectivity index (χ4n) is 7.37. The molecule has 2 spiro atoms. The standard InChI is InChI=1S/C23H31NO5/c1-13-11-14(2)29-23(28-13)8-7-22(25)17-12-15-5-6-16(26-4)19-18(15)21(22,20(23)27-19)9-10-24(17)3/h5-6,13-14,17,20,25H,7-12H2,1-4H3/t13-,14-,17+,20+,21-,22?/m0/s1. The van der Waals surface area contributed by atoms with Crippen LogP contribution in [0.25, 0.3) is 0 Å². The maximum absolute atomic E-state index is 12.3. The summed E-state index contributed by atoms with van der Waals surface area (Å²) in [5.41, 5.74) is 1.01. The van der Waals surface area contributed by atoms with Gasteiger partial charge in [0.25, 0.3) is 0 Å². The zero-order valence-corrected chi connectivity index (χ0v) is 17.7. The molecular formula is C23H31NO5. The van der Waals surface area contributed by atoms with E-state index < -0.39 is 16.8 Å². The van der Waals surface area contributed by atoms with Gasteiger partial charge in [-0.2, -0.15) is 0 Å². The fourth-order valence-corrected chi connectivity index (χ4v) is 7.37. The van der Waals surface area contributed by atoms with Crippen molar-refractivity contribution in [3.63, 3.8) is 0 Å². The van der Waals surface area contributed by atoms with Crippen LogP contribution in [0.2, 0.25) is 0 Å². The molecule has 0 aromatic heterocycles. The van der Waals surface area contributed by atoms with Gasteiger partial charge in [0, 0.05) is 18.0 Å². The second-order valence-corrected chi connectivity index (χ2v) is 9.88. The fraction of sp³-hybridized carbons (Fsp3) is 0.739. The highest BCUT2D eigenvalue weighted by Crippen LogP contribution is 2.68. The number of piperidine rings is 1. The molecule has 2 bridgehead atoms. The first-order valence-electron chi connectivity index (χ1n) is 11.0. The number of rotatable bonds is 1. The monoisotopic (exact) mass is 401 g/mol. The molecule has 1 aromatic rings. The number of likely N-dealkylation sites (N-methyl/N-ethyl adjacent to an activating group) is 1. The molecule has 29 heavy (non-hydrogen) atoms. The van der Waals surface area contributed by atoms with Crippen LogP contribution in [0, 0.1) is 0 Å². The van der Waals surface area contributed by atoms with E-state index in [0.29, 0.717) is 12.8 Å². The molecule has 1 unspecified atom stereocenters. The van der Waals surface area contributed by atoms with Gasteiger partial charge in [0.2, 0.25) is 5.79 Å². The van der Waals surface area contributed by atoms with E-state index in [-0.39, 0.29) is 24.4 Å². The maximum Gasteiger partial charge on any atom is 0.207 e. The van der Waals surface area contributed by atoms with E-state index in [1.54, 1.807) is 7.11 Å². The molecule has 6 rings (SSSR count). The predicted octanol–water partition coefficient (Wildman–Crippen LogP) is 2.39. The lowest BCUT2D eigenvalue weighted by Crippen LogP contribution is -2.80. The molecule has 2 aliphatic carbocycles. The SMILES string of the molecule is COc1ccc2c3c1O[C@H]1C4(CCC5(O)[C@@H](C2)N(C)CC[C@]315)O[C@@H](C)C[C@H](C)O4. The third-order valence-electron chi connectivity index (χ3n) is 8.40. The van der Waals surface area contributed by atoms with Crippen molar-refractivity contribution in [3.05, 3.63) is 23.3 Å². The number of nitrogens with zero attached hydrogens (tertiary/aromatic N) is 1. The molecule has 6 heteroatoms. The average molecular weight is 402 g/mol. The van der Waals surface area contributed by atoms with E-state index in [2.05, 4.69) is 31.9 Å². The van der Waals surface area contributed by atoms with E-state index >= 15 is 0 Å². The Kier molecular flexibility index (Phi) is 3.60. The van der Waals surface area contributed by atoms with Gasteiger partial charge in [-0.05, 0) is 64.8 Å². The van der Waals surface area contributed by atoms with Gasteiger partial charge in [-0.3, -0.25) is 0 Å². The summed E-state index contributed by atoms with van der Waals surface area (Å²) in [7, 11) is 3.82. The summed E-state index contributed by atoms with van der Waals surface area (Å²) in [5, 5.41) is 12.3. The van der Waals surface area contributed by atoms with Crippen LogP contribution in [0.5, 0.6) is 11.5 Å². The van der Waals surface area contributed by atoms with Crippen molar-refractivity contribution in [2.75, 3.05) is 20.7 Å². The highest BCUT2D eigenvalue weighted by molar-refractivity contribution is 5.63. The minimum atomic E-state index is -0.864. The van der Waals surface area contributed by atoms with Crippen LogP contribution in [0.3, 0.4) is 0 Å². The number of fused-ring (bicyclic) bond motifs is 1. The van der Waals surface area contributed by atoms with E-state index in [9.17, 15) is 5.11 Å². The lowest BCUT2D eigenvalue weighted by Gasteiger charge is -2.66. The summed E-state index contributed by atoms with van der Waals surface area (Å²) in [5.74, 6) is 0.692. The highest BCUT2D eigenvalue weighted by atomic mass is 16.7. The summed E-state index contributed by atoms with van der Waals surface area (Å²) in [6.07, 6.45) is 3.64. The van der Waals surface area contributed by atoms with Gasteiger partial charge in [-0.15, -0.1) is 0 Å². The number of aliphatic hydroxyl groups is 1. The molecule has 1 aromatic carbocycles. The Balaban J connectivity index is 1.61. The third kappa shape index (κ3) is 2.02. The van der Waals surface area contributed by atoms with Crippen molar-refractivity contribution in [2.24, 2.45) is 0 Å². The van der Waals surface area contributed by atoms with Crippen molar-refractivity contribution in [2.45, 2.75) is 87.1 Å². The summed E-state index contributed by atoms with van der Waals surface area (Å²) in [6, 6.07) is 4.24. The molecule has 3 fully saturated rings. The van der Waals surface area contributed by atoms with Crippen molar-refractivity contribution in [1.29, 1.82) is 0 Å². The first-order valence-corrected chi connectivity index (χ1v) is 11.0. The van der Waals surface area contributed by atoms with Crippen molar-refractivity contribution in [1.82, 2.24) is 4.90 Å². The van der Waals surface area contributed by atoms with E-state index in [1.165, 1.54) is 5.56 Å². The zero-order valence-electron chi connectivity index (χ0n) is 17.7. The molecule has 0 amide bonds. The van der Waals surface area contributed by atoms with Gasteiger partial charge in [0.1, 0.15) is 0 Å². The van der Waals surface area contributed by atoms with Crippen LogP contribution in [-0.4, -0.2) is 66.5 Å². The van der Waals surface area contributed by atoms with Crippen LogP contribution in [-0.2, 0) is 21.3 Å². The second kappa shape index (κ2) is 5.67. The highest BCUT2D eigenvalue weighted by Gasteiger charge is 2.77. The molecule has 6 atom stereocenters. The van der Waals surface area contributed by atoms with Crippen LogP contribution < -0.4 is 9.47 Å². The Morgan fingerprint density at radius 2 is 1.90 bits per heavy atom. The summed E-state index contributed by atoms with van der Waals surface area (Å²) in [6.45, 7) is 5.15. The Labute approximate surface area is 172 Å². The quantitative estimate of drug-likeness (QED) is 0.780. The molecule has 1 saturated carbocycles. The Bertz CT molecular complexity index is 863. The lowest BCUT2D eigenvalue weighted by atomic mass is 9.48. The van der Waals surface area contributed by atoms with Crippen LogP contribution in [0.1, 0.15) is 50.7 Å². The zero-order chi connectivity index (χ0) is 20.2. The van der Waals surface area contributed by atoms with Gasteiger partial charge in [0.05, 0.1) is 30.3 Å². The number of benzene rings is 1. The van der Waals surface area contributed by atoms with Crippen LogP contribution in [0.15, 0.2) is 12.1 Å². The smallest absolute Gasteiger partial charge is 0.207 e. The molecule has 158 valence electrons. The first kappa shape index (κ1) is 18.4. The Hall–Kier alpha value is -1.34. The number of methoxy groups -OCH3 is 1. The number of likely N-dealkylation sites (tertiary alicyclic amines) is 1. The lowest BCUT2D eigenvalue weighted by molar-refractivity contribution is -0.378. The minimum Gasteiger partial charge on any atom is -0.493 e. The molecule has 2 saturated heterocycles. The minimum absolute atomic E-state index is 0.0741. The Morgan fingerprint density at radius 1 is 1.14 bits per heavy atom. The second-order valence-electron chi connectivity index (χ2n) is 9.88. The van der Waals surface area contributed by atoms with Gasteiger partial charge < -0.3 is 29.0 Å². The summed E-state index contributed by atoms with van der Waals surface area (Å²) < 4.78 is 25.5. The van der Waals surface area contributed by atoms with Gasteiger partial charge in [0.15, 0.2) is 17.6 Å². The van der Waals surface area contributed by atoms with Gasteiger partial charge in [-0.1, -0.05) is 6.07 Å². The number of hydrogen-bond donors (Lipinski definition) is 1. The molecule has 3 aliphatic heterocycles. The van der Waals surface area contributed by atoms with Crippen LogP contribution in [0.4, 0.5) is 0 Å². The van der Waals surface area contributed by atoms with Crippen molar-refractivity contribution < 1.29 is 24.1 Å². The molecule has 6 nitrogen and oxygen atoms in total. The first-order chi connectivity index (χ1) is 13.8. The molecule has 1 N–H and O–H groups in total. The van der Waals surface area contributed by atoms with Gasteiger partial charge in [-0.25, -0.2) is 0 Å². The molecule has 0 radical (unpaired) electrons. The van der Waals surface area contributed by atoms with Crippen LogP contribution >= 0.6 is 0 Å². The normalized spacial score (nSPS) is 47.6. The molecule has 3 heterocycles. The third-order valence-corrected chi connectivity index (χ3v) is 8.40. The maximum atomic E-state index is 12.3. The van der Waals surface area contributed by atoms with Crippen molar-refractivity contribution >= 4 is 0 Å². The Morgan fingerprint density at radius 3 is 2.62 bits per heavy atom. The molecular weight excluding hydrogens is 370 g/mol. The van der Waals surface area contributed by atoms with Crippen molar-refractivity contribution in [3.8, 4) is 11.5 Å². The predicted molar refractivity (Wildman–Crippen MR) is 106 cm³/mol.